The molecule has 1 aliphatic heterocycles. The van der Waals surface area contributed by atoms with Gasteiger partial charge in [-0.3, -0.25) is 4.79 Å². The molecule has 1 aliphatic rings. The van der Waals surface area contributed by atoms with Crippen LogP contribution in [0.15, 0.2) is 18.5 Å². The maximum Gasteiger partial charge on any atom is 0.310 e. The van der Waals surface area contributed by atoms with Crippen LogP contribution >= 0.6 is 0 Å². The molecule has 1 fully saturated rings. The van der Waals surface area contributed by atoms with E-state index in [9.17, 15) is 10.1 Å². The number of nitriles is 1. The van der Waals surface area contributed by atoms with Gasteiger partial charge in [0.15, 0.2) is 0 Å². The van der Waals surface area contributed by atoms with E-state index in [2.05, 4.69) is 21.5 Å². The quantitative estimate of drug-likeness (QED) is 0.839. The van der Waals surface area contributed by atoms with Crippen LogP contribution in [0.1, 0.15) is 25.3 Å². The molecule has 7 nitrogen and oxygen atoms in total. The minimum Gasteiger partial charge on any atom is -0.466 e. The van der Waals surface area contributed by atoms with Crippen LogP contribution in [0.25, 0.3) is 11.0 Å². The number of esters is 1. The first-order chi connectivity index (χ1) is 11.2. The van der Waals surface area contributed by atoms with Gasteiger partial charge in [-0.2, -0.15) is 5.26 Å². The molecule has 0 bridgehead atoms. The number of ether oxygens (including phenoxy) is 1. The average molecular weight is 313 g/mol. The number of fused-ring (bicyclic) bond motifs is 1. The molecule has 0 aliphatic carbocycles. The molecule has 3 heterocycles. The molecule has 0 saturated carbocycles. The van der Waals surface area contributed by atoms with Crippen molar-refractivity contribution in [3.8, 4) is 6.07 Å². The van der Waals surface area contributed by atoms with Crippen LogP contribution in [0.4, 0.5) is 5.69 Å². The molecule has 23 heavy (non-hydrogen) atoms. The second-order valence-corrected chi connectivity index (χ2v) is 5.55. The van der Waals surface area contributed by atoms with E-state index < -0.39 is 0 Å². The van der Waals surface area contributed by atoms with Gasteiger partial charge in [0.2, 0.25) is 0 Å². The van der Waals surface area contributed by atoms with Gasteiger partial charge in [-0.25, -0.2) is 9.99 Å². The maximum atomic E-state index is 11.9. The Bertz CT molecular complexity index is 748. The Kier molecular flexibility index (Phi) is 4.44. The van der Waals surface area contributed by atoms with Crippen molar-refractivity contribution in [1.29, 1.82) is 5.26 Å². The van der Waals surface area contributed by atoms with E-state index in [1.165, 1.54) is 0 Å². The van der Waals surface area contributed by atoms with Gasteiger partial charge in [-0.1, -0.05) is 0 Å². The predicted octanol–water partition coefficient (Wildman–Crippen LogP) is 2.04. The summed E-state index contributed by atoms with van der Waals surface area (Å²) in [6, 6.07) is 4.05. The Morgan fingerprint density at radius 2 is 2.52 bits per heavy atom. The molecule has 0 unspecified atom stereocenters. The van der Waals surface area contributed by atoms with E-state index >= 15 is 0 Å². The van der Waals surface area contributed by atoms with E-state index in [-0.39, 0.29) is 11.9 Å². The number of aromatic nitrogens is 2. The normalized spacial score (nSPS) is 18.5. The van der Waals surface area contributed by atoms with Gasteiger partial charge in [-0.15, -0.1) is 0 Å². The lowest BCUT2D eigenvalue weighted by atomic mass is 9.99. The highest BCUT2D eigenvalue weighted by atomic mass is 16.5. The summed E-state index contributed by atoms with van der Waals surface area (Å²) in [5.74, 6) is -0.286. The number of pyridine rings is 1. The van der Waals surface area contributed by atoms with Crippen LogP contribution < -0.4 is 5.43 Å². The Labute approximate surface area is 134 Å². The van der Waals surface area contributed by atoms with Crippen LogP contribution in [0.3, 0.4) is 0 Å². The third-order valence-electron chi connectivity index (χ3n) is 4.02. The molecule has 0 spiro atoms. The largest absolute Gasteiger partial charge is 0.466 e. The summed E-state index contributed by atoms with van der Waals surface area (Å²) in [6.45, 7) is 3.60. The molecule has 2 aromatic heterocycles. The fraction of sp³-hybridized carbons (Fsp3) is 0.438. The zero-order valence-corrected chi connectivity index (χ0v) is 13.0. The zero-order valence-electron chi connectivity index (χ0n) is 13.0. The highest BCUT2D eigenvalue weighted by molar-refractivity contribution is 5.92. The van der Waals surface area contributed by atoms with Gasteiger partial charge in [-0.05, 0) is 25.8 Å². The molecule has 1 atom stereocenters. The monoisotopic (exact) mass is 313 g/mol. The van der Waals surface area contributed by atoms with Crippen molar-refractivity contribution in [3.63, 3.8) is 0 Å². The zero-order chi connectivity index (χ0) is 16.2. The number of hydrogen-bond donors (Lipinski definition) is 2. The molecular formula is C16H19N5O2. The predicted molar refractivity (Wildman–Crippen MR) is 85.4 cm³/mol. The average Bonchev–Trinajstić information content (AvgIpc) is 3.05. The Balaban J connectivity index is 1.80. The summed E-state index contributed by atoms with van der Waals surface area (Å²) >= 11 is 0. The Morgan fingerprint density at radius 3 is 3.30 bits per heavy atom. The minimum absolute atomic E-state index is 0.134. The molecule has 7 heteroatoms. The molecule has 120 valence electrons. The van der Waals surface area contributed by atoms with Gasteiger partial charge < -0.3 is 15.1 Å². The van der Waals surface area contributed by atoms with E-state index in [1.54, 1.807) is 12.4 Å². The van der Waals surface area contributed by atoms with Crippen molar-refractivity contribution in [3.05, 3.63) is 24.0 Å². The lowest BCUT2D eigenvalue weighted by Gasteiger charge is -2.32. The van der Waals surface area contributed by atoms with Crippen molar-refractivity contribution < 1.29 is 9.53 Å². The fourth-order valence-corrected chi connectivity index (χ4v) is 2.90. The van der Waals surface area contributed by atoms with E-state index in [0.29, 0.717) is 18.7 Å². The van der Waals surface area contributed by atoms with E-state index in [0.717, 1.165) is 36.1 Å². The van der Waals surface area contributed by atoms with Gasteiger partial charge >= 0.3 is 5.97 Å². The first kappa shape index (κ1) is 15.3. The van der Waals surface area contributed by atoms with Crippen LogP contribution in [-0.2, 0) is 9.53 Å². The van der Waals surface area contributed by atoms with Gasteiger partial charge in [0.25, 0.3) is 0 Å². The summed E-state index contributed by atoms with van der Waals surface area (Å²) in [4.78, 5) is 19.2. The van der Waals surface area contributed by atoms with E-state index in [1.807, 2.05) is 18.0 Å². The number of aromatic amines is 1. The maximum absolute atomic E-state index is 11.9. The topological polar surface area (TPSA) is 94.0 Å². The standard InChI is InChI=1S/C16H19N5O2/c1-2-23-16(22)11-4-3-7-21(10-11)20-14-12(8-17)9-19-15-13(14)5-6-18-15/h5-6,9,11H,2-4,7,10H2,1H3,(H2,18,19,20)/t11-/m0/s1. The lowest BCUT2D eigenvalue weighted by Crippen LogP contribution is -2.42. The molecule has 0 radical (unpaired) electrons. The van der Waals surface area contributed by atoms with Gasteiger partial charge in [0.05, 0.1) is 23.8 Å². The third kappa shape index (κ3) is 3.12. The number of nitrogens with one attached hydrogen (secondary N) is 2. The number of carbonyl (C=O) groups is 1. The number of hydrazine groups is 1. The van der Waals surface area contributed by atoms with Crippen molar-refractivity contribution in [2.24, 2.45) is 5.92 Å². The van der Waals surface area contributed by atoms with Gasteiger partial charge in [0, 0.05) is 30.9 Å². The van der Waals surface area contributed by atoms with Crippen LogP contribution in [-0.4, -0.2) is 40.6 Å². The van der Waals surface area contributed by atoms with Crippen LogP contribution in [0.2, 0.25) is 0 Å². The summed E-state index contributed by atoms with van der Waals surface area (Å²) in [6.07, 6.45) is 5.08. The van der Waals surface area contributed by atoms with Crippen LogP contribution in [0.5, 0.6) is 0 Å². The smallest absolute Gasteiger partial charge is 0.310 e. The molecule has 0 amide bonds. The van der Waals surface area contributed by atoms with E-state index in [4.69, 9.17) is 4.74 Å². The van der Waals surface area contributed by atoms with Crippen molar-refractivity contribution in [1.82, 2.24) is 15.0 Å². The number of piperidine rings is 1. The molecule has 3 rings (SSSR count). The summed E-state index contributed by atoms with van der Waals surface area (Å²) in [7, 11) is 0. The molecular weight excluding hydrogens is 294 g/mol. The summed E-state index contributed by atoms with van der Waals surface area (Å²) < 4.78 is 5.12. The molecule has 2 aromatic rings. The number of hydrogen-bond acceptors (Lipinski definition) is 6. The van der Waals surface area contributed by atoms with Crippen LogP contribution in [0, 0.1) is 17.2 Å². The third-order valence-corrected chi connectivity index (χ3v) is 4.02. The Hall–Kier alpha value is -2.59. The first-order valence-electron chi connectivity index (χ1n) is 7.77. The minimum atomic E-state index is -0.152. The van der Waals surface area contributed by atoms with Crippen molar-refractivity contribution in [2.75, 3.05) is 25.1 Å². The number of nitrogens with zero attached hydrogens (tertiary/aromatic N) is 3. The Morgan fingerprint density at radius 1 is 1.65 bits per heavy atom. The second-order valence-electron chi connectivity index (χ2n) is 5.55. The van der Waals surface area contributed by atoms with Crippen molar-refractivity contribution in [2.45, 2.75) is 19.8 Å². The summed E-state index contributed by atoms with van der Waals surface area (Å²) in [5.41, 5.74) is 5.23. The second kappa shape index (κ2) is 6.67. The number of rotatable bonds is 4. The highest BCUT2D eigenvalue weighted by Gasteiger charge is 2.27. The highest BCUT2D eigenvalue weighted by Crippen LogP contribution is 2.27. The van der Waals surface area contributed by atoms with Gasteiger partial charge in [0.1, 0.15) is 11.7 Å². The molecule has 2 N–H and O–H groups in total. The number of anilines is 1. The SMILES string of the molecule is CCOC(=O)[C@H]1CCCN(Nc2c(C#N)cnc3[nH]ccc23)C1. The number of H-pyrrole nitrogens is 1. The molecule has 1 saturated heterocycles. The number of carbonyl (C=O) groups excluding carboxylic acids is 1. The lowest BCUT2D eigenvalue weighted by molar-refractivity contribution is -0.149. The first-order valence-corrected chi connectivity index (χ1v) is 7.77. The van der Waals surface area contributed by atoms with Crippen molar-refractivity contribution >= 4 is 22.7 Å². The summed E-state index contributed by atoms with van der Waals surface area (Å²) in [5, 5.41) is 12.2. The fourth-order valence-electron chi connectivity index (χ4n) is 2.90. The molecule has 0 aromatic carbocycles.